The third-order valence-corrected chi connectivity index (χ3v) is 3.05. The fraction of sp³-hybridized carbons (Fsp3) is 0.385. The Morgan fingerprint density at radius 1 is 1.48 bits per heavy atom. The number of nitrogens with two attached hydrogens (primary N) is 1. The van der Waals surface area contributed by atoms with Crippen molar-refractivity contribution in [1.29, 1.82) is 0 Å². The number of amides is 1. The van der Waals surface area contributed by atoms with E-state index in [1.54, 1.807) is 6.92 Å². The van der Waals surface area contributed by atoms with Gasteiger partial charge in [-0.15, -0.1) is 0 Å². The number of alkyl halides is 3. The molecule has 0 saturated heterocycles. The molecular weight excluding hydrogens is 287 g/mol. The molecule has 1 unspecified atom stereocenters. The minimum atomic E-state index is -4.51. The van der Waals surface area contributed by atoms with Crippen LogP contribution in [-0.2, 0) is 6.18 Å². The summed E-state index contributed by atoms with van der Waals surface area (Å²) in [6.07, 6.45) is -4.40. The van der Waals surface area contributed by atoms with Gasteiger partial charge in [0.25, 0.3) is 5.91 Å². The number of oxime groups is 1. The number of carbonyl (C=O) groups excluding carboxylic acids is 1. The van der Waals surface area contributed by atoms with Gasteiger partial charge in [-0.3, -0.25) is 4.79 Å². The first kappa shape index (κ1) is 16.8. The van der Waals surface area contributed by atoms with Crippen molar-refractivity contribution in [3.63, 3.8) is 0 Å². The Bertz CT molecular complexity index is 544. The zero-order valence-electron chi connectivity index (χ0n) is 11.6. The largest absolute Gasteiger partial charge is 0.416 e. The maximum absolute atomic E-state index is 12.6. The first-order chi connectivity index (χ1) is 9.66. The topological polar surface area (TPSA) is 78.9 Å². The van der Waals surface area contributed by atoms with E-state index in [4.69, 9.17) is 10.9 Å². The molecule has 1 aromatic rings. The summed E-state index contributed by atoms with van der Waals surface area (Å²) in [6.45, 7) is 1.64. The number of halogens is 3. The monoisotopic (exact) mass is 303 g/mol. The van der Waals surface area contributed by atoms with Gasteiger partial charge in [-0.25, -0.2) is 0 Å². The van der Waals surface area contributed by atoms with Gasteiger partial charge in [0.1, 0.15) is 5.84 Å². The minimum Gasteiger partial charge on any atom is -0.409 e. The molecule has 1 amide bonds. The van der Waals surface area contributed by atoms with Crippen molar-refractivity contribution in [2.24, 2.45) is 10.9 Å². The van der Waals surface area contributed by atoms with Crippen molar-refractivity contribution in [3.8, 4) is 0 Å². The Balaban J connectivity index is 2.93. The number of benzene rings is 1. The van der Waals surface area contributed by atoms with Crippen LogP contribution in [-0.4, -0.2) is 34.9 Å². The molecule has 1 rings (SSSR count). The van der Waals surface area contributed by atoms with Crippen LogP contribution in [0.4, 0.5) is 13.2 Å². The lowest BCUT2D eigenvalue weighted by Gasteiger charge is -2.24. The van der Waals surface area contributed by atoms with E-state index in [9.17, 15) is 18.0 Å². The molecule has 8 heteroatoms. The quantitative estimate of drug-likeness (QED) is 0.388. The Hall–Kier alpha value is -2.25. The van der Waals surface area contributed by atoms with Crippen LogP contribution in [0.15, 0.2) is 29.4 Å². The highest BCUT2D eigenvalue weighted by Gasteiger charge is 2.31. The summed E-state index contributed by atoms with van der Waals surface area (Å²) in [4.78, 5) is 13.4. The zero-order valence-corrected chi connectivity index (χ0v) is 11.6. The Kier molecular flexibility index (Phi) is 5.17. The van der Waals surface area contributed by atoms with E-state index in [0.717, 1.165) is 12.1 Å². The van der Waals surface area contributed by atoms with Crippen molar-refractivity contribution < 1.29 is 23.2 Å². The van der Waals surface area contributed by atoms with Crippen LogP contribution in [0.3, 0.4) is 0 Å². The van der Waals surface area contributed by atoms with Crippen molar-refractivity contribution in [2.75, 3.05) is 7.05 Å². The second kappa shape index (κ2) is 6.47. The summed E-state index contributed by atoms with van der Waals surface area (Å²) in [5.41, 5.74) is 4.39. The molecule has 0 bridgehead atoms. The molecule has 0 fully saturated rings. The normalized spacial score (nSPS) is 13.9. The lowest BCUT2D eigenvalue weighted by molar-refractivity contribution is -0.137. The maximum Gasteiger partial charge on any atom is 0.416 e. The predicted molar refractivity (Wildman–Crippen MR) is 71.0 cm³/mol. The molecule has 0 aliphatic carbocycles. The summed E-state index contributed by atoms with van der Waals surface area (Å²) in [5, 5.41) is 11.3. The molecule has 3 N–H and O–H groups in total. The molecule has 0 radical (unpaired) electrons. The molecule has 1 atom stereocenters. The second-order valence-corrected chi connectivity index (χ2v) is 4.64. The molecule has 0 spiro atoms. The number of rotatable bonds is 4. The highest BCUT2D eigenvalue weighted by Crippen LogP contribution is 2.29. The van der Waals surface area contributed by atoms with E-state index < -0.39 is 23.7 Å². The van der Waals surface area contributed by atoms with Crippen molar-refractivity contribution in [1.82, 2.24) is 4.90 Å². The van der Waals surface area contributed by atoms with Gasteiger partial charge in [-0.2, -0.15) is 13.2 Å². The van der Waals surface area contributed by atoms with Gasteiger partial charge in [0, 0.05) is 25.1 Å². The molecule has 5 nitrogen and oxygen atoms in total. The Labute approximate surface area is 119 Å². The molecule has 0 aliphatic heterocycles. The third-order valence-electron chi connectivity index (χ3n) is 3.05. The number of hydrogen-bond donors (Lipinski definition) is 2. The predicted octanol–water partition coefficient (Wildman–Crippen LogP) is 2.30. The molecular formula is C13H16F3N3O2. The zero-order chi connectivity index (χ0) is 16.2. The second-order valence-electron chi connectivity index (χ2n) is 4.64. The number of hydrogen-bond acceptors (Lipinski definition) is 3. The standard InChI is InChI=1S/C13H16F3N3O2/c1-8(6-11(17)18-21)19(2)12(20)9-4-3-5-10(7-9)13(14,15)16/h3-5,7-8,21H,6H2,1-2H3,(H2,17,18). The molecule has 0 heterocycles. The van der Waals surface area contributed by atoms with Crippen LogP contribution in [0.5, 0.6) is 0 Å². The first-order valence-electron chi connectivity index (χ1n) is 6.07. The van der Waals surface area contributed by atoms with Crippen LogP contribution in [0, 0.1) is 0 Å². The van der Waals surface area contributed by atoms with Crippen LogP contribution >= 0.6 is 0 Å². The lowest BCUT2D eigenvalue weighted by Crippen LogP contribution is -2.37. The van der Waals surface area contributed by atoms with E-state index in [1.807, 2.05) is 0 Å². The summed E-state index contributed by atoms with van der Waals surface area (Å²) in [7, 11) is 1.44. The van der Waals surface area contributed by atoms with Crippen molar-refractivity contribution in [2.45, 2.75) is 25.6 Å². The lowest BCUT2D eigenvalue weighted by atomic mass is 10.1. The molecule has 0 saturated carbocycles. The number of nitrogens with zero attached hydrogens (tertiary/aromatic N) is 2. The Morgan fingerprint density at radius 3 is 2.62 bits per heavy atom. The van der Waals surface area contributed by atoms with Crippen LogP contribution in [0.2, 0.25) is 0 Å². The molecule has 116 valence electrons. The smallest absolute Gasteiger partial charge is 0.409 e. The Morgan fingerprint density at radius 2 is 2.10 bits per heavy atom. The fourth-order valence-electron chi connectivity index (χ4n) is 1.71. The summed E-state index contributed by atoms with van der Waals surface area (Å²) in [6, 6.07) is 3.76. The summed E-state index contributed by atoms with van der Waals surface area (Å²) < 4.78 is 37.9. The van der Waals surface area contributed by atoms with Gasteiger partial charge in [0.2, 0.25) is 0 Å². The maximum atomic E-state index is 12.6. The van der Waals surface area contributed by atoms with Gasteiger partial charge in [-0.05, 0) is 25.1 Å². The van der Waals surface area contributed by atoms with Gasteiger partial charge in [-0.1, -0.05) is 11.2 Å². The van der Waals surface area contributed by atoms with E-state index in [2.05, 4.69) is 5.16 Å². The van der Waals surface area contributed by atoms with Crippen LogP contribution in [0.1, 0.15) is 29.3 Å². The van der Waals surface area contributed by atoms with E-state index in [1.165, 1.54) is 24.1 Å². The van der Waals surface area contributed by atoms with Gasteiger partial charge in [0.05, 0.1) is 5.56 Å². The summed E-state index contributed by atoms with van der Waals surface area (Å²) in [5.74, 6) is -0.634. The van der Waals surface area contributed by atoms with E-state index in [0.29, 0.717) is 0 Å². The molecule has 1 aromatic carbocycles. The molecule has 21 heavy (non-hydrogen) atoms. The van der Waals surface area contributed by atoms with Crippen LogP contribution in [0.25, 0.3) is 0 Å². The van der Waals surface area contributed by atoms with E-state index >= 15 is 0 Å². The molecule has 0 aromatic heterocycles. The van der Waals surface area contributed by atoms with Gasteiger partial charge in [0.15, 0.2) is 0 Å². The van der Waals surface area contributed by atoms with E-state index in [-0.39, 0.29) is 17.8 Å². The highest BCUT2D eigenvalue weighted by atomic mass is 19.4. The fourth-order valence-corrected chi connectivity index (χ4v) is 1.71. The van der Waals surface area contributed by atoms with Crippen molar-refractivity contribution in [3.05, 3.63) is 35.4 Å². The van der Waals surface area contributed by atoms with Gasteiger partial charge < -0.3 is 15.8 Å². The third kappa shape index (κ3) is 4.37. The molecule has 0 aliphatic rings. The SMILES string of the molecule is CC(CC(N)=NO)N(C)C(=O)c1cccc(C(F)(F)F)c1. The summed E-state index contributed by atoms with van der Waals surface area (Å²) >= 11 is 0. The number of carbonyl (C=O) groups is 1. The number of amidine groups is 1. The first-order valence-corrected chi connectivity index (χ1v) is 6.07. The average molecular weight is 303 g/mol. The van der Waals surface area contributed by atoms with Gasteiger partial charge >= 0.3 is 6.18 Å². The van der Waals surface area contributed by atoms with Crippen LogP contribution < -0.4 is 5.73 Å². The highest BCUT2D eigenvalue weighted by molar-refractivity contribution is 5.94. The van der Waals surface area contributed by atoms with Crippen molar-refractivity contribution >= 4 is 11.7 Å². The average Bonchev–Trinajstić information content (AvgIpc) is 2.44. The minimum absolute atomic E-state index is 0.0637.